The van der Waals surface area contributed by atoms with E-state index in [1.807, 2.05) is 0 Å². The van der Waals surface area contributed by atoms with E-state index < -0.39 is 0 Å². The first-order valence-corrected chi connectivity index (χ1v) is 12.6. The second-order valence-corrected chi connectivity index (χ2v) is 9.50. The molecule has 0 saturated carbocycles. The van der Waals surface area contributed by atoms with Gasteiger partial charge in [-0.05, 0) is 60.8 Å². The van der Waals surface area contributed by atoms with Crippen LogP contribution in [-0.2, 0) is 19.3 Å². The summed E-state index contributed by atoms with van der Waals surface area (Å²) in [7, 11) is 0. The largest absolute Gasteiger partial charge is 0.330 e. The molecule has 0 aliphatic heterocycles. The minimum atomic E-state index is 0. The molecule has 1 nitrogen and oxygen atoms in total. The normalized spacial score (nSPS) is 11.2. The molecule has 0 radical (unpaired) electrons. The minimum absolute atomic E-state index is 0. The summed E-state index contributed by atoms with van der Waals surface area (Å²) in [5.74, 6) is 0. The van der Waals surface area contributed by atoms with Gasteiger partial charge in [0.05, 0.1) is 0 Å². The third-order valence-corrected chi connectivity index (χ3v) is 6.68. The second kappa shape index (κ2) is 16.1. The molecule has 2 heteroatoms. The van der Waals surface area contributed by atoms with Crippen LogP contribution >= 0.6 is 24.0 Å². The van der Waals surface area contributed by atoms with E-state index in [9.17, 15) is 0 Å². The van der Waals surface area contributed by atoms with Crippen LogP contribution in [-0.4, -0.2) is 6.54 Å². The molecule has 0 heterocycles. The van der Waals surface area contributed by atoms with Crippen LogP contribution in [0.15, 0.2) is 91.0 Å². The third kappa shape index (κ3) is 10.4. The lowest BCUT2D eigenvalue weighted by atomic mass is 9.69. The van der Waals surface area contributed by atoms with Crippen molar-refractivity contribution in [2.24, 2.45) is 11.1 Å². The first-order valence-electron chi connectivity index (χ1n) is 12.6. The van der Waals surface area contributed by atoms with Gasteiger partial charge in [0.15, 0.2) is 0 Å². The molecule has 0 atom stereocenters. The van der Waals surface area contributed by atoms with Gasteiger partial charge in [-0.1, -0.05) is 130 Å². The number of hydrogen-bond donors (Lipinski definition) is 1. The molecule has 3 rings (SSSR count). The van der Waals surface area contributed by atoms with E-state index in [0.717, 1.165) is 25.8 Å². The average molecular weight is 556 g/mol. The maximum atomic E-state index is 5.63. The van der Waals surface area contributed by atoms with Crippen LogP contribution in [0.1, 0.15) is 68.1 Å². The fourth-order valence-corrected chi connectivity index (χ4v) is 5.07. The van der Waals surface area contributed by atoms with E-state index in [2.05, 4.69) is 91.0 Å². The molecule has 0 aliphatic carbocycles. The Kier molecular flexibility index (Phi) is 13.4. The smallest absolute Gasteiger partial charge is 0.00773 e. The van der Waals surface area contributed by atoms with Gasteiger partial charge in [0, 0.05) is 0 Å². The summed E-state index contributed by atoms with van der Waals surface area (Å²) in [5.41, 5.74) is 10.2. The van der Waals surface area contributed by atoms with Crippen molar-refractivity contribution in [1.82, 2.24) is 0 Å². The Labute approximate surface area is 219 Å². The van der Waals surface area contributed by atoms with Crippen LogP contribution in [0.5, 0.6) is 0 Å². The number of nitrogens with two attached hydrogens (primary N) is 1. The van der Waals surface area contributed by atoms with Crippen molar-refractivity contribution < 1.29 is 0 Å². The van der Waals surface area contributed by atoms with Crippen molar-refractivity contribution in [1.29, 1.82) is 0 Å². The Bertz CT molecular complexity index is 746. The van der Waals surface area contributed by atoms with Gasteiger partial charge < -0.3 is 5.73 Å². The SMILES string of the molecule is I.NCCCCCCCCCC(Cc1ccccc1)(Cc1ccccc1)Cc1ccccc1. The van der Waals surface area contributed by atoms with Crippen molar-refractivity contribution in [3.8, 4) is 0 Å². The van der Waals surface area contributed by atoms with E-state index in [1.165, 1.54) is 68.1 Å². The molecule has 3 aromatic rings. The Morgan fingerprint density at radius 3 is 1.15 bits per heavy atom. The Morgan fingerprint density at radius 1 is 0.455 bits per heavy atom. The summed E-state index contributed by atoms with van der Waals surface area (Å²) >= 11 is 0. The van der Waals surface area contributed by atoms with Gasteiger partial charge in [0.1, 0.15) is 0 Å². The van der Waals surface area contributed by atoms with Crippen molar-refractivity contribution in [2.45, 2.75) is 70.6 Å². The van der Waals surface area contributed by atoms with Crippen LogP contribution in [0.2, 0.25) is 0 Å². The zero-order valence-corrected chi connectivity index (χ0v) is 22.5. The molecule has 0 fully saturated rings. The standard InChI is InChI=1S/C31H41N.HI/c32-24-16-5-3-1-2-4-15-23-31(25-28-17-9-6-10-18-28,26-29-19-11-7-12-20-29)27-30-21-13-8-14-22-30;/h6-14,17-22H,1-5,15-16,23-27,32H2;1H. The van der Waals surface area contributed by atoms with Crippen LogP contribution in [0.3, 0.4) is 0 Å². The quantitative estimate of drug-likeness (QED) is 0.148. The first-order chi connectivity index (χ1) is 15.8. The number of rotatable bonds is 15. The molecule has 0 unspecified atom stereocenters. The van der Waals surface area contributed by atoms with Crippen molar-refractivity contribution in [3.05, 3.63) is 108 Å². The highest BCUT2D eigenvalue weighted by Gasteiger charge is 2.30. The predicted molar refractivity (Wildman–Crippen MR) is 154 cm³/mol. The van der Waals surface area contributed by atoms with Gasteiger partial charge in [0.2, 0.25) is 0 Å². The van der Waals surface area contributed by atoms with Crippen LogP contribution < -0.4 is 5.73 Å². The van der Waals surface area contributed by atoms with Gasteiger partial charge in [-0.25, -0.2) is 0 Å². The lowest BCUT2D eigenvalue weighted by Crippen LogP contribution is -2.30. The molecule has 0 bridgehead atoms. The Hall–Kier alpha value is -1.65. The first kappa shape index (κ1) is 27.6. The molecule has 0 amide bonds. The molecule has 33 heavy (non-hydrogen) atoms. The number of hydrogen-bond acceptors (Lipinski definition) is 1. The number of benzene rings is 3. The molecule has 0 saturated heterocycles. The van der Waals surface area contributed by atoms with E-state index in [-0.39, 0.29) is 29.4 Å². The average Bonchev–Trinajstić information content (AvgIpc) is 2.83. The molecule has 3 aromatic carbocycles. The lowest BCUT2D eigenvalue weighted by Gasteiger charge is -2.35. The molecule has 2 N–H and O–H groups in total. The zero-order chi connectivity index (χ0) is 22.3. The Morgan fingerprint density at radius 2 is 0.788 bits per heavy atom. The van der Waals surface area contributed by atoms with Crippen molar-refractivity contribution in [3.63, 3.8) is 0 Å². The van der Waals surface area contributed by atoms with E-state index in [1.54, 1.807) is 0 Å². The molecular formula is C31H42IN. The van der Waals surface area contributed by atoms with Gasteiger partial charge >= 0.3 is 0 Å². The van der Waals surface area contributed by atoms with Gasteiger partial charge in [-0.2, -0.15) is 0 Å². The van der Waals surface area contributed by atoms with Crippen molar-refractivity contribution >= 4 is 24.0 Å². The molecule has 0 aliphatic rings. The highest BCUT2D eigenvalue weighted by Crippen LogP contribution is 2.37. The zero-order valence-electron chi connectivity index (χ0n) is 20.1. The summed E-state index contributed by atoms with van der Waals surface area (Å²) in [4.78, 5) is 0. The van der Waals surface area contributed by atoms with E-state index >= 15 is 0 Å². The van der Waals surface area contributed by atoms with Gasteiger partial charge in [-0.3, -0.25) is 0 Å². The Balaban J connectivity index is 0.00000385. The molecular weight excluding hydrogens is 513 g/mol. The summed E-state index contributed by atoms with van der Waals surface area (Å²) < 4.78 is 0. The number of halogens is 1. The minimum Gasteiger partial charge on any atom is -0.330 e. The molecule has 178 valence electrons. The summed E-state index contributed by atoms with van der Waals surface area (Å²) in [6.07, 6.45) is 13.8. The third-order valence-electron chi connectivity index (χ3n) is 6.68. The summed E-state index contributed by atoms with van der Waals surface area (Å²) in [6, 6.07) is 33.4. The second-order valence-electron chi connectivity index (χ2n) is 9.50. The maximum absolute atomic E-state index is 5.63. The highest BCUT2D eigenvalue weighted by molar-refractivity contribution is 14.0. The topological polar surface area (TPSA) is 26.0 Å². The monoisotopic (exact) mass is 555 g/mol. The van der Waals surface area contributed by atoms with E-state index in [4.69, 9.17) is 5.73 Å². The van der Waals surface area contributed by atoms with Gasteiger partial charge in [-0.15, -0.1) is 24.0 Å². The predicted octanol–water partition coefficient (Wildman–Crippen LogP) is 8.40. The molecule has 0 spiro atoms. The van der Waals surface area contributed by atoms with E-state index in [0.29, 0.717) is 0 Å². The maximum Gasteiger partial charge on any atom is -0.00773 e. The fourth-order valence-electron chi connectivity index (χ4n) is 5.07. The van der Waals surface area contributed by atoms with Crippen LogP contribution in [0, 0.1) is 5.41 Å². The lowest BCUT2D eigenvalue weighted by molar-refractivity contribution is 0.243. The summed E-state index contributed by atoms with van der Waals surface area (Å²) in [5, 5.41) is 0. The number of unbranched alkanes of at least 4 members (excludes halogenated alkanes) is 6. The van der Waals surface area contributed by atoms with Crippen LogP contribution in [0.25, 0.3) is 0 Å². The fraction of sp³-hybridized carbons (Fsp3) is 0.419. The van der Waals surface area contributed by atoms with Crippen LogP contribution in [0.4, 0.5) is 0 Å². The highest BCUT2D eigenvalue weighted by atomic mass is 127. The van der Waals surface area contributed by atoms with Gasteiger partial charge in [0.25, 0.3) is 0 Å². The molecule has 0 aromatic heterocycles. The van der Waals surface area contributed by atoms with Crippen molar-refractivity contribution in [2.75, 3.05) is 6.54 Å². The summed E-state index contributed by atoms with van der Waals surface area (Å²) in [6.45, 7) is 0.834.